The van der Waals surface area contributed by atoms with Crippen LogP contribution in [0.5, 0.6) is 0 Å². The molecule has 176 valence electrons. The molecule has 0 atom stereocenters. The molecule has 4 rings (SSSR count). The van der Waals surface area contributed by atoms with Crippen molar-refractivity contribution in [1.29, 1.82) is 0 Å². The summed E-state index contributed by atoms with van der Waals surface area (Å²) in [6, 6.07) is 4.83. The highest BCUT2D eigenvalue weighted by molar-refractivity contribution is 7.89. The van der Waals surface area contributed by atoms with Crippen LogP contribution in [0.3, 0.4) is 0 Å². The van der Waals surface area contributed by atoms with E-state index in [0.717, 1.165) is 29.2 Å². The first-order chi connectivity index (χ1) is 15.8. The van der Waals surface area contributed by atoms with Gasteiger partial charge < -0.3 is 9.64 Å². The number of ether oxygens (including phenoxy) is 1. The third-order valence-corrected chi connectivity index (χ3v) is 7.49. The summed E-state index contributed by atoms with van der Waals surface area (Å²) in [4.78, 5) is 22.7. The number of anilines is 1. The summed E-state index contributed by atoms with van der Waals surface area (Å²) in [7, 11) is -3.73. The lowest BCUT2D eigenvalue weighted by Gasteiger charge is -2.36. The number of rotatable bonds is 7. The van der Waals surface area contributed by atoms with Gasteiger partial charge in [0.2, 0.25) is 10.0 Å². The second kappa shape index (κ2) is 9.40. The van der Waals surface area contributed by atoms with E-state index >= 15 is 0 Å². The number of benzene rings is 1. The second-order valence-corrected chi connectivity index (χ2v) is 9.56. The molecule has 2 aromatic heterocycles. The average Bonchev–Trinajstić information content (AvgIpc) is 3.26. The highest BCUT2D eigenvalue weighted by Gasteiger charge is 2.31. The molecule has 10 nitrogen and oxygen atoms in total. The molecule has 33 heavy (non-hydrogen) atoms. The van der Waals surface area contributed by atoms with E-state index in [1.807, 2.05) is 11.8 Å². The van der Waals surface area contributed by atoms with Crippen molar-refractivity contribution >= 4 is 27.6 Å². The highest BCUT2D eigenvalue weighted by atomic mass is 32.2. The first-order valence-corrected chi connectivity index (χ1v) is 12.1. The molecule has 0 radical (unpaired) electrons. The summed E-state index contributed by atoms with van der Waals surface area (Å²) in [5.41, 5.74) is 1.58. The number of fused-ring (bicyclic) bond motifs is 1. The molecule has 1 saturated heterocycles. The van der Waals surface area contributed by atoms with Gasteiger partial charge in [0, 0.05) is 43.9 Å². The van der Waals surface area contributed by atoms with Crippen molar-refractivity contribution in [3.05, 3.63) is 47.7 Å². The molecule has 0 unspecified atom stereocenters. The average molecular weight is 477 g/mol. The van der Waals surface area contributed by atoms with Crippen molar-refractivity contribution < 1.29 is 22.3 Å². The fraction of sp³-hybridized carbons (Fsp3) is 0.429. The minimum atomic E-state index is -3.73. The van der Waals surface area contributed by atoms with Crippen molar-refractivity contribution in [2.24, 2.45) is 0 Å². The Kier molecular flexibility index (Phi) is 6.56. The van der Waals surface area contributed by atoms with E-state index < -0.39 is 15.8 Å². The first kappa shape index (κ1) is 23.1. The topological polar surface area (TPSA) is 110 Å². The Bertz CT molecular complexity index is 1250. The van der Waals surface area contributed by atoms with Crippen molar-refractivity contribution in [2.75, 3.05) is 37.7 Å². The van der Waals surface area contributed by atoms with Crippen molar-refractivity contribution in [2.45, 2.75) is 31.6 Å². The third kappa shape index (κ3) is 4.67. The smallest absolute Gasteiger partial charge is 0.306 e. The SMILES string of the molecule is CCOC(=O)CCc1c(C)nc2ncnn2c1N1CCN(S(=O)(=O)c2ccc(F)cc2)CC1. The number of hydrogen-bond acceptors (Lipinski definition) is 8. The van der Waals surface area contributed by atoms with Crippen LogP contribution in [0, 0.1) is 12.7 Å². The summed E-state index contributed by atoms with van der Waals surface area (Å²) in [5.74, 6) is 0.401. The normalized spacial score (nSPS) is 15.2. The molecule has 0 saturated carbocycles. The second-order valence-electron chi connectivity index (χ2n) is 7.62. The molecule has 1 aromatic carbocycles. The van der Waals surface area contributed by atoms with Crippen LogP contribution in [0.2, 0.25) is 0 Å². The van der Waals surface area contributed by atoms with Crippen molar-refractivity contribution in [1.82, 2.24) is 23.9 Å². The van der Waals surface area contributed by atoms with Gasteiger partial charge in [0.1, 0.15) is 18.0 Å². The van der Waals surface area contributed by atoms with E-state index in [1.165, 1.54) is 22.8 Å². The predicted octanol–water partition coefficient (Wildman–Crippen LogP) is 1.58. The van der Waals surface area contributed by atoms with E-state index in [-0.39, 0.29) is 30.4 Å². The Morgan fingerprint density at radius 3 is 2.52 bits per heavy atom. The maximum absolute atomic E-state index is 13.2. The molecule has 12 heteroatoms. The largest absolute Gasteiger partial charge is 0.466 e. The van der Waals surface area contributed by atoms with E-state index in [1.54, 1.807) is 11.4 Å². The number of carbonyl (C=O) groups excluding carboxylic acids is 1. The van der Waals surface area contributed by atoms with Crippen LogP contribution in [0.15, 0.2) is 35.5 Å². The van der Waals surface area contributed by atoms with Crippen LogP contribution < -0.4 is 4.90 Å². The van der Waals surface area contributed by atoms with Crippen LogP contribution in [-0.2, 0) is 26.0 Å². The van der Waals surface area contributed by atoms with Crippen LogP contribution in [0.4, 0.5) is 10.2 Å². The van der Waals surface area contributed by atoms with E-state index in [4.69, 9.17) is 4.74 Å². The zero-order valence-corrected chi connectivity index (χ0v) is 19.3. The molecular formula is C21H25FN6O4S. The number of hydrogen-bond donors (Lipinski definition) is 0. The lowest BCUT2D eigenvalue weighted by Crippen LogP contribution is -2.49. The summed E-state index contributed by atoms with van der Waals surface area (Å²) in [6.45, 7) is 5.24. The van der Waals surface area contributed by atoms with Gasteiger partial charge in [0.25, 0.3) is 5.78 Å². The zero-order valence-electron chi connectivity index (χ0n) is 18.4. The van der Waals surface area contributed by atoms with E-state index in [0.29, 0.717) is 31.9 Å². The molecule has 3 heterocycles. The molecule has 0 N–H and O–H groups in total. The monoisotopic (exact) mass is 476 g/mol. The zero-order chi connectivity index (χ0) is 23.6. The minimum Gasteiger partial charge on any atom is -0.466 e. The fourth-order valence-electron chi connectivity index (χ4n) is 3.94. The predicted molar refractivity (Wildman–Crippen MR) is 118 cm³/mol. The number of halogens is 1. The van der Waals surface area contributed by atoms with Crippen LogP contribution in [-0.4, -0.2) is 71.1 Å². The quantitative estimate of drug-likeness (QED) is 0.473. The Morgan fingerprint density at radius 2 is 1.85 bits per heavy atom. The molecule has 0 spiro atoms. The Hall–Kier alpha value is -3.12. The number of piperazine rings is 1. The summed E-state index contributed by atoms with van der Waals surface area (Å²) in [5, 5.41) is 4.30. The Morgan fingerprint density at radius 1 is 1.15 bits per heavy atom. The third-order valence-electron chi connectivity index (χ3n) is 5.58. The standard InChI is InChI=1S/C21H25FN6O4S/c1-3-32-19(29)9-8-18-15(2)25-21-23-14-24-28(21)20(18)26-10-12-27(13-11-26)33(30,31)17-6-4-16(22)5-7-17/h4-7,14H,3,8-13H2,1-2H3. The Balaban J connectivity index is 1.58. The fourth-order valence-corrected chi connectivity index (χ4v) is 5.36. The van der Waals surface area contributed by atoms with Crippen molar-refractivity contribution in [3.63, 3.8) is 0 Å². The lowest BCUT2D eigenvalue weighted by atomic mass is 10.1. The van der Waals surface area contributed by atoms with Crippen LogP contribution in [0.1, 0.15) is 24.6 Å². The molecule has 0 aliphatic carbocycles. The van der Waals surface area contributed by atoms with E-state index in [9.17, 15) is 17.6 Å². The van der Waals surface area contributed by atoms with Crippen molar-refractivity contribution in [3.8, 4) is 0 Å². The maximum atomic E-state index is 13.2. The summed E-state index contributed by atoms with van der Waals surface area (Å²) in [6.07, 6.45) is 2.02. The van der Waals surface area contributed by atoms with Gasteiger partial charge in [0.15, 0.2) is 0 Å². The minimum absolute atomic E-state index is 0.0610. The Labute approximate surface area is 191 Å². The number of esters is 1. The van der Waals surface area contributed by atoms with Crippen LogP contribution >= 0.6 is 0 Å². The molecule has 3 aromatic rings. The first-order valence-electron chi connectivity index (χ1n) is 10.7. The molecular weight excluding hydrogens is 451 g/mol. The molecule has 1 aliphatic heterocycles. The number of sulfonamides is 1. The summed E-state index contributed by atoms with van der Waals surface area (Å²) >= 11 is 0. The van der Waals surface area contributed by atoms with Gasteiger partial charge in [0.05, 0.1) is 11.5 Å². The van der Waals surface area contributed by atoms with Gasteiger partial charge in [-0.3, -0.25) is 4.79 Å². The summed E-state index contributed by atoms with van der Waals surface area (Å²) < 4.78 is 47.2. The molecule has 0 bridgehead atoms. The van der Waals surface area contributed by atoms with Gasteiger partial charge in [-0.2, -0.15) is 18.9 Å². The number of aromatic nitrogens is 4. The van der Waals surface area contributed by atoms with Gasteiger partial charge in [-0.15, -0.1) is 0 Å². The van der Waals surface area contributed by atoms with Gasteiger partial charge in [-0.25, -0.2) is 17.8 Å². The molecule has 0 amide bonds. The number of nitrogens with zero attached hydrogens (tertiary/aromatic N) is 6. The molecule has 1 aliphatic rings. The molecule has 1 fully saturated rings. The van der Waals surface area contributed by atoms with Gasteiger partial charge in [-0.1, -0.05) is 0 Å². The number of carbonyl (C=O) groups is 1. The lowest BCUT2D eigenvalue weighted by molar-refractivity contribution is -0.143. The maximum Gasteiger partial charge on any atom is 0.306 e. The van der Waals surface area contributed by atoms with Crippen LogP contribution in [0.25, 0.3) is 5.78 Å². The number of aryl methyl sites for hydroxylation is 1. The van der Waals surface area contributed by atoms with Gasteiger partial charge >= 0.3 is 5.97 Å². The van der Waals surface area contributed by atoms with E-state index in [2.05, 4.69) is 15.1 Å². The van der Waals surface area contributed by atoms with Gasteiger partial charge in [-0.05, 0) is 44.5 Å². The highest BCUT2D eigenvalue weighted by Crippen LogP contribution is 2.27.